The van der Waals surface area contributed by atoms with Gasteiger partial charge in [0.25, 0.3) is 5.88 Å². The molecular formula is C14H13ClN2O3. The number of aromatic nitrogens is 1. The van der Waals surface area contributed by atoms with E-state index in [1.54, 1.807) is 0 Å². The summed E-state index contributed by atoms with van der Waals surface area (Å²) in [6.45, 7) is 0.350. The summed E-state index contributed by atoms with van der Waals surface area (Å²) in [7, 11) is 0. The van der Waals surface area contributed by atoms with E-state index in [1.807, 2.05) is 30.3 Å². The normalized spacial score (nSPS) is 10.2. The lowest BCUT2D eigenvalue weighted by Gasteiger charge is -2.06. The number of nitro groups is 1. The van der Waals surface area contributed by atoms with E-state index in [0.717, 1.165) is 12.8 Å². The number of benzene rings is 1. The molecule has 2 rings (SSSR count). The molecule has 0 N–H and O–H groups in total. The van der Waals surface area contributed by atoms with E-state index >= 15 is 0 Å². The van der Waals surface area contributed by atoms with Gasteiger partial charge in [-0.15, -0.1) is 0 Å². The molecule has 0 aliphatic heterocycles. The molecule has 0 amide bonds. The highest BCUT2D eigenvalue weighted by atomic mass is 35.5. The number of pyridine rings is 1. The summed E-state index contributed by atoms with van der Waals surface area (Å²) in [5, 5.41) is 11.0. The molecule has 1 heterocycles. The molecule has 0 aliphatic rings. The average Bonchev–Trinajstić information content (AvgIpc) is 2.44. The molecule has 0 fully saturated rings. The van der Waals surface area contributed by atoms with Crippen LogP contribution < -0.4 is 4.74 Å². The van der Waals surface area contributed by atoms with Crippen molar-refractivity contribution < 1.29 is 9.66 Å². The van der Waals surface area contributed by atoms with E-state index < -0.39 is 4.92 Å². The van der Waals surface area contributed by atoms with Gasteiger partial charge in [-0.1, -0.05) is 41.9 Å². The van der Waals surface area contributed by atoms with E-state index in [2.05, 4.69) is 4.98 Å². The fourth-order valence-electron chi connectivity index (χ4n) is 1.75. The van der Waals surface area contributed by atoms with E-state index in [4.69, 9.17) is 16.3 Å². The van der Waals surface area contributed by atoms with Crippen molar-refractivity contribution in [2.24, 2.45) is 0 Å². The molecule has 0 saturated heterocycles. The molecule has 0 spiro atoms. The Labute approximate surface area is 121 Å². The highest BCUT2D eigenvalue weighted by Gasteiger charge is 2.17. The van der Waals surface area contributed by atoms with E-state index in [1.165, 1.54) is 17.7 Å². The maximum absolute atomic E-state index is 10.8. The first-order valence-corrected chi connectivity index (χ1v) is 6.52. The SMILES string of the molecule is O=[N+]([O-])c1ccc(Cl)nc1OCCCc1ccccc1. The van der Waals surface area contributed by atoms with Crippen LogP contribution in [0.2, 0.25) is 5.15 Å². The number of halogens is 1. The first-order chi connectivity index (χ1) is 9.66. The minimum atomic E-state index is -0.532. The molecule has 0 radical (unpaired) electrons. The van der Waals surface area contributed by atoms with Crippen molar-refractivity contribution in [1.29, 1.82) is 0 Å². The number of hydrogen-bond donors (Lipinski definition) is 0. The quantitative estimate of drug-likeness (QED) is 0.353. The van der Waals surface area contributed by atoms with Crippen LogP contribution in [-0.4, -0.2) is 16.5 Å². The highest BCUT2D eigenvalue weighted by molar-refractivity contribution is 6.29. The summed E-state index contributed by atoms with van der Waals surface area (Å²) in [4.78, 5) is 14.1. The maximum atomic E-state index is 10.8. The van der Waals surface area contributed by atoms with E-state index in [9.17, 15) is 10.1 Å². The second-order valence-corrected chi connectivity index (χ2v) is 4.54. The van der Waals surface area contributed by atoms with Crippen LogP contribution in [-0.2, 0) is 6.42 Å². The van der Waals surface area contributed by atoms with Gasteiger partial charge in [0.1, 0.15) is 5.15 Å². The maximum Gasteiger partial charge on any atom is 0.331 e. The molecule has 5 nitrogen and oxygen atoms in total. The van der Waals surface area contributed by atoms with Gasteiger partial charge in [-0.2, -0.15) is 4.98 Å². The molecule has 1 aromatic heterocycles. The number of aryl methyl sites for hydroxylation is 1. The second-order valence-electron chi connectivity index (χ2n) is 4.15. The van der Waals surface area contributed by atoms with Crippen LogP contribution >= 0.6 is 11.6 Å². The molecule has 0 aliphatic carbocycles. The van der Waals surface area contributed by atoms with Crippen LogP contribution in [0.5, 0.6) is 5.88 Å². The van der Waals surface area contributed by atoms with Gasteiger partial charge in [-0.05, 0) is 24.5 Å². The van der Waals surface area contributed by atoms with Gasteiger partial charge in [-0.3, -0.25) is 10.1 Å². The summed E-state index contributed by atoms with van der Waals surface area (Å²) >= 11 is 5.72. The van der Waals surface area contributed by atoms with Gasteiger partial charge in [0.05, 0.1) is 11.5 Å². The Morgan fingerprint density at radius 3 is 2.65 bits per heavy atom. The second kappa shape index (κ2) is 6.86. The molecule has 1 aromatic carbocycles. The van der Waals surface area contributed by atoms with Crippen LogP contribution in [0.1, 0.15) is 12.0 Å². The number of ether oxygens (including phenoxy) is 1. The van der Waals surface area contributed by atoms with Gasteiger partial charge in [0.15, 0.2) is 0 Å². The van der Waals surface area contributed by atoms with Crippen molar-refractivity contribution in [3.63, 3.8) is 0 Å². The lowest BCUT2D eigenvalue weighted by Crippen LogP contribution is -2.03. The Kier molecular flexibility index (Phi) is 4.90. The standard InChI is InChI=1S/C14H13ClN2O3/c15-13-9-8-12(17(18)19)14(16-13)20-10-4-7-11-5-2-1-3-6-11/h1-3,5-6,8-9H,4,7,10H2. The minimum Gasteiger partial charge on any atom is -0.473 e. The average molecular weight is 293 g/mol. The van der Waals surface area contributed by atoms with Crippen LogP contribution in [0.15, 0.2) is 42.5 Å². The Bertz CT molecular complexity index is 590. The molecule has 2 aromatic rings. The van der Waals surface area contributed by atoms with E-state index in [0.29, 0.717) is 6.61 Å². The smallest absolute Gasteiger partial charge is 0.331 e. The lowest BCUT2D eigenvalue weighted by molar-refractivity contribution is -0.386. The molecule has 0 saturated carbocycles. The predicted molar refractivity (Wildman–Crippen MR) is 76.2 cm³/mol. The molecule has 0 atom stereocenters. The van der Waals surface area contributed by atoms with Crippen molar-refractivity contribution in [1.82, 2.24) is 4.98 Å². The van der Waals surface area contributed by atoms with Crippen LogP contribution in [0.25, 0.3) is 0 Å². The molecule has 20 heavy (non-hydrogen) atoms. The lowest BCUT2D eigenvalue weighted by atomic mass is 10.1. The fraction of sp³-hybridized carbons (Fsp3) is 0.214. The monoisotopic (exact) mass is 292 g/mol. The Hall–Kier alpha value is -2.14. The Morgan fingerprint density at radius 1 is 1.20 bits per heavy atom. The third-order valence-corrected chi connectivity index (χ3v) is 2.90. The molecule has 0 bridgehead atoms. The van der Waals surface area contributed by atoms with Crippen molar-refractivity contribution >= 4 is 17.3 Å². The largest absolute Gasteiger partial charge is 0.473 e. The Balaban J connectivity index is 1.91. The van der Waals surface area contributed by atoms with Crippen molar-refractivity contribution in [3.8, 4) is 5.88 Å². The Morgan fingerprint density at radius 2 is 1.95 bits per heavy atom. The minimum absolute atomic E-state index is 0.0319. The number of hydrogen-bond acceptors (Lipinski definition) is 4. The van der Waals surface area contributed by atoms with Crippen LogP contribution in [0, 0.1) is 10.1 Å². The van der Waals surface area contributed by atoms with Crippen molar-refractivity contribution in [2.45, 2.75) is 12.8 Å². The highest BCUT2D eigenvalue weighted by Crippen LogP contribution is 2.26. The van der Waals surface area contributed by atoms with Gasteiger partial charge in [-0.25, -0.2) is 0 Å². The van der Waals surface area contributed by atoms with Crippen molar-refractivity contribution in [2.75, 3.05) is 6.61 Å². The third kappa shape index (κ3) is 3.93. The zero-order valence-corrected chi connectivity index (χ0v) is 11.4. The number of nitrogens with zero attached hydrogens (tertiary/aromatic N) is 2. The predicted octanol–water partition coefficient (Wildman–Crippen LogP) is 3.65. The van der Waals surface area contributed by atoms with Crippen LogP contribution in [0.3, 0.4) is 0 Å². The zero-order valence-electron chi connectivity index (χ0n) is 10.7. The van der Waals surface area contributed by atoms with Gasteiger partial charge in [0, 0.05) is 6.07 Å². The van der Waals surface area contributed by atoms with Gasteiger partial charge < -0.3 is 4.74 Å². The fourth-order valence-corrected chi connectivity index (χ4v) is 1.89. The zero-order chi connectivity index (χ0) is 14.4. The molecule has 104 valence electrons. The number of rotatable bonds is 6. The van der Waals surface area contributed by atoms with E-state index in [-0.39, 0.29) is 16.7 Å². The molecular weight excluding hydrogens is 280 g/mol. The van der Waals surface area contributed by atoms with Crippen molar-refractivity contribution in [3.05, 3.63) is 63.3 Å². The topological polar surface area (TPSA) is 65.3 Å². The molecule has 6 heteroatoms. The summed E-state index contributed by atoms with van der Waals surface area (Å²) in [5.41, 5.74) is 1.03. The third-order valence-electron chi connectivity index (χ3n) is 2.69. The summed E-state index contributed by atoms with van der Waals surface area (Å²) < 4.78 is 5.36. The van der Waals surface area contributed by atoms with Crippen LogP contribution in [0.4, 0.5) is 5.69 Å². The molecule has 0 unspecified atom stereocenters. The summed E-state index contributed by atoms with van der Waals surface area (Å²) in [6, 6.07) is 12.6. The van der Waals surface area contributed by atoms with Gasteiger partial charge in [0.2, 0.25) is 0 Å². The summed E-state index contributed by atoms with van der Waals surface area (Å²) in [6.07, 6.45) is 1.59. The first-order valence-electron chi connectivity index (χ1n) is 6.14. The van der Waals surface area contributed by atoms with Gasteiger partial charge >= 0.3 is 5.69 Å². The first kappa shape index (κ1) is 14.3. The summed E-state index contributed by atoms with van der Waals surface area (Å²) in [5.74, 6) is -0.0319.